The predicted molar refractivity (Wildman–Crippen MR) is 86.8 cm³/mol. The molecular weight excluding hydrogens is 290 g/mol. The highest BCUT2D eigenvalue weighted by molar-refractivity contribution is 5.79. The van der Waals surface area contributed by atoms with Gasteiger partial charge < -0.3 is 9.47 Å². The van der Waals surface area contributed by atoms with Gasteiger partial charge in [-0.1, -0.05) is 6.42 Å². The average Bonchev–Trinajstić information content (AvgIpc) is 3.10. The number of carbonyl (C=O) groups excluding carboxylic acids is 1. The Balaban J connectivity index is 1.29. The van der Waals surface area contributed by atoms with E-state index in [0.717, 1.165) is 69.9 Å². The Morgan fingerprint density at radius 3 is 2.61 bits per heavy atom. The van der Waals surface area contributed by atoms with Crippen molar-refractivity contribution >= 4 is 5.91 Å². The number of nitrogens with zero attached hydrogens (tertiary/aromatic N) is 5. The molecule has 23 heavy (non-hydrogen) atoms. The number of amides is 1. The van der Waals surface area contributed by atoms with Crippen LogP contribution in [0.1, 0.15) is 50.2 Å². The molecule has 0 aromatic carbocycles. The summed E-state index contributed by atoms with van der Waals surface area (Å²) in [5.74, 6) is 2.97. The summed E-state index contributed by atoms with van der Waals surface area (Å²) in [7, 11) is 2.01. The van der Waals surface area contributed by atoms with Crippen LogP contribution in [-0.4, -0.2) is 56.7 Å². The van der Waals surface area contributed by atoms with Gasteiger partial charge in [0, 0.05) is 45.1 Å². The number of hydrogen-bond donors (Lipinski definition) is 0. The van der Waals surface area contributed by atoms with Crippen LogP contribution in [0.4, 0.5) is 0 Å². The van der Waals surface area contributed by atoms with Gasteiger partial charge in [-0.05, 0) is 32.1 Å². The molecule has 6 heteroatoms. The quantitative estimate of drug-likeness (QED) is 0.843. The standard InChI is InChI=1S/C17H27N5O/c1-20(17(23)13-4-2-5-13)14-7-10-21(11-8-14)12-16-19-18-15-6-3-9-22(15)16/h13-14H,2-12H2,1H3. The van der Waals surface area contributed by atoms with Crippen molar-refractivity contribution in [1.82, 2.24) is 24.6 Å². The van der Waals surface area contributed by atoms with Gasteiger partial charge in [-0.25, -0.2) is 0 Å². The second-order valence-corrected chi connectivity index (χ2v) is 7.37. The molecule has 1 aromatic rings. The van der Waals surface area contributed by atoms with Crippen molar-refractivity contribution in [2.75, 3.05) is 20.1 Å². The number of carbonyl (C=O) groups is 1. The van der Waals surface area contributed by atoms with Crippen molar-refractivity contribution in [2.45, 2.75) is 64.1 Å². The van der Waals surface area contributed by atoms with E-state index in [1.807, 2.05) is 11.9 Å². The van der Waals surface area contributed by atoms with Crippen molar-refractivity contribution in [3.05, 3.63) is 11.6 Å². The highest BCUT2D eigenvalue weighted by Gasteiger charge is 2.32. The molecule has 4 rings (SSSR count). The third kappa shape index (κ3) is 2.89. The van der Waals surface area contributed by atoms with Gasteiger partial charge in [-0.15, -0.1) is 10.2 Å². The lowest BCUT2D eigenvalue weighted by Crippen LogP contribution is -2.48. The summed E-state index contributed by atoms with van der Waals surface area (Å²) in [5, 5.41) is 8.66. The van der Waals surface area contributed by atoms with E-state index < -0.39 is 0 Å². The van der Waals surface area contributed by atoms with Crippen LogP contribution in [-0.2, 0) is 24.3 Å². The summed E-state index contributed by atoms with van der Waals surface area (Å²) in [4.78, 5) is 16.9. The summed E-state index contributed by atoms with van der Waals surface area (Å²) in [6.45, 7) is 4.08. The third-order valence-corrected chi connectivity index (χ3v) is 5.96. The van der Waals surface area contributed by atoms with Crippen molar-refractivity contribution < 1.29 is 4.79 Å². The van der Waals surface area contributed by atoms with Crippen LogP contribution >= 0.6 is 0 Å². The number of fused-ring (bicyclic) bond motifs is 1. The number of rotatable bonds is 4. The molecule has 3 heterocycles. The highest BCUT2D eigenvalue weighted by Crippen LogP contribution is 2.29. The lowest BCUT2D eigenvalue weighted by atomic mass is 9.84. The van der Waals surface area contributed by atoms with Crippen molar-refractivity contribution in [2.24, 2.45) is 5.92 Å². The maximum atomic E-state index is 12.4. The van der Waals surface area contributed by atoms with Crippen LogP contribution in [0.5, 0.6) is 0 Å². The minimum atomic E-state index is 0.316. The molecule has 0 spiro atoms. The van der Waals surface area contributed by atoms with Crippen molar-refractivity contribution in [3.63, 3.8) is 0 Å². The number of likely N-dealkylation sites (tertiary alicyclic amines) is 1. The summed E-state index contributed by atoms with van der Waals surface area (Å²) in [6.07, 6.45) is 7.86. The van der Waals surface area contributed by atoms with E-state index in [-0.39, 0.29) is 0 Å². The van der Waals surface area contributed by atoms with Crippen LogP contribution in [0, 0.1) is 5.92 Å². The van der Waals surface area contributed by atoms with Crippen LogP contribution in [0.2, 0.25) is 0 Å². The molecule has 0 bridgehead atoms. The van der Waals surface area contributed by atoms with Gasteiger partial charge in [0.15, 0.2) is 0 Å². The smallest absolute Gasteiger partial charge is 0.225 e. The molecule has 1 aliphatic carbocycles. The fourth-order valence-electron chi connectivity index (χ4n) is 4.12. The average molecular weight is 317 g/mol. The highest BCUT2D eigenvalue weighted by atomic mass is 16.2. The Hall–Kier alpha value is -1.43. The minimum absolute atomic E-state index is 0.316. The normalized spacial score (nSPS) is 22.8. The second-order valence-electron chi connectivity index (χ2n) is 7.37. The molecule has 0 radical (unpaired) electrons. The Morgan fingerprint density at radius 1 is 1.13 bits per heavy atom. The van der Waals surface area contributed by atoms with Gasteiger partial charge in [0.05, 0.1) is 6.54 Å². The van der Waals surface area contributed by atoms with Gasteiger partial charge in [0.25, 0.3) is 0 Å². The molecule has 2 aliphatic heterocycles. The first-order valence-electron chi connectivity index (χ1n) is 9.12. The van der Waals surface area contributed by atoms with Gasteiger partial charge in [-0.2, -0.15) is 0 Å². The van der Waals surface area contributed by atoms with E-state index in [9.17, 15) is 4.79 Å². The Morgan fingerprint density at radius 2 is 1.91 bits per heavy atom. The Labute approximate surface area is 137 Å². The number of aromatic nitrogens is 3. The van der Waals surface area contributed by atoms with E-state index >= 15 is 0 Å². The van der Waals surface area contributed by atoms with E-state index in [0.29, 0.717) is 17.9 Å². The fourth-order valence-corrected chi connectivity index (χ4v) is 4.12. The Bertz CT molecular complexity index is 572. The van der Waals surface area contributed by atoms with Crippen molar-refractivity contribution in [3.8, 4) is 0 Å². The summed E-state index contributed by atoms with van der Waals surface area (Å²) in [5.41, 5.74) is 0. The first kappa shape index (κ1) is 15.1. The van der Waals surface area contributed by atoms with Gasteiger partial charge in [0.1, 0.15) is 11.6 Å². The van der Waals surface area contributed by atoms with Gasteiger partial charge in [0.2, 0.25) is 5.91 Å². The summed E-state index contributed by atoms with van der Waals surface area (Å²) in [6, 6.07) is 0.420. The maximum absolute atomic E-state index is 12.4. The summed E-state index contributed by atoms with van der Waals surface area (Å²) >= 11 is 0. The predicted octanol–water partition coefficient (Wildman–Crippen LogP) is 1.45. The zero-order valence-electron chi connectivity index (χ0n) is 14.1. The fraction of sp³-hybridized carbons (Fsp3) is 0.824. The lowest BCUT2D eigenvalue weighted by Gasteiger charge is -2.39. The molecule has 3 aliphatic rings. The molecule has 1 saturated carbocycles. The van der Waals surface area contributed by atoms with E-state index in [1.165, 1.54) is 12.8 Å². The van der Waals surface area contributed by atoms with E-state index in [4.69, 9.17) is 0 Å². The molecule has 0 atom stereocenters. The van der Waals surface area contributed by atoms with Crippen LogP contribution in [0.15, 0.2) is 0 Å². The number of piperidine rings is 1. The molecule has 126 valence electrons. The monoisotopic (exact) mass is 317 g/mol. The molecule has 6 nitrogen and oxygen atoms in total. The van der Waals surface area contributed by atoms with Crippen LogP contribution in [0.3, 0.4) is 0 Å². The van der Waals surface area contributed by atoms with Gasteiger partial charge in [-0.3, -0.25) is 9.69 Å². The third-order valence-electron chi connectivity index (χ3n) is 5.96. The summed E-state index contributed by atoms with van der Waals surface area (Å²) < 4.78 is 2.29. The molecule has 1 saturated heterocycles. The first-order valence-corrected chi connectivity index (χ1v) is 9.12. The molecule has 0 unspecified atom stereocenters. The number of hydrogen-bond acceptors (Lipinski definition) is 4. The largest absolute Gasteiger partial charge is 0.342 e. The molecule has 0 N–H and O–H groups in total. The number of aryl methyl sites for hydroxylation is 1. The second kappa shape index (κ2) is 6.23. The SMILES string of the molecule is CN(C(=O)C1CCC1)C1CCN(Cc2nnc3n2CCC3)CC1. The first-order chi connectivity index (χ1) is 11.2. The van der Waals surface area contributed by atoms with Crippen LogP contribution in [0.25, 0.3) is 0 Å². The van der Waals surface area contributed by atoms with Crippen LogP contribution < -0.4 is 0 Å². The zero-order valence-corrected chi connectivity index (χ0v) is 14.1. The van der Waals surface area contributed by atoms with Gasteiger partial charge >= 0.3 is 0 Å². The lowest BCUT2D eigenvalue weighted by molar-refractivity contribution is -0.139. The van der Waals surface area contributed by atoms with E-state index in [1.54, 1.807) is 0 Å². The maximum Gasteiger partial charge on any atom is 0.225 e. The Kier molecular flexibility index (Phi) is 4.09. The molecule has 1 aromatic heterocycles. The van der Waals surface area contributed by atoms with E-state index in [2.05, 4.69) is 19.7 Å². The minimum Gasteiger partial charge on any atom is -0.342 e. The van der Waals surface area contributed by atoms with Crippen molar-refractivity contribution in [1.29, 1.82) is 0 Å². The molecule has 2 fully saturated rings. The molecular formula is C17H27N5O. The topological polar surface area (TPSA) is 54.3 Å². The molecule has 1 amide bonds. The zero-order chi connectivity index (χ0) is 15.8.